The lowest BCUT2D eigenvalue weighted by Gasteiger charge is -2.31. The van der Waals surface area contributed by atoms with E-state index in [1.807, 2.05) is 42.5 Å². The number of hydrogen-bond donors (Lipinski definition) is 0. The summed E-state index contributed by atoms with van der Waals surface area (Å²) in [5.74, 6) is -0.279. The predicted octanol–water partition coefficient (Wildman–Crippen LogP) is 5.10. The van der Waals surface area contributed by atoms with Crippen molar-refractivity contribution < 1.29 is 13.9 Å². The minimum atomic E-state index is -0.367. The molecule has 3 rings (SSSR count). The van der Waals surface area contributed by atoms with E-state index in [0.717, 1.165) is 12.0 Å². The van der Waals surface area contributed by atoms with Gasteiger partial charge in [-0.05, 0) is 46.0 Å². The molecule has 0 spiro atoms. The van der Waals surface area contributed by atoms with Crippen LogP contribution in [-0.2, 0) is 17.8 Å². The summed E-state index contributed by atoms with van der Waals surface area (Å²) in [4.78, 5) is 14.2. The molecule has 1 heterocycles. The number of ether oxygens (including phenoxy) is 1. The number of hydrogen-bond acceptors (Lipinski definition) is 2. The molecule has 1 aliphatic heterocycles. The molecule has 0 radical (unpaired) electrons. The summed E-state index contributed by atoms with van der Waals surface area (Å²) in [6, 6.07) is 14.6. The Morgan fingerprint density at radius 1 is 1.20 bits per heavy atom. The SMILES string of the molecule is O=C(OCc1ccccc1)N1CCC=CC1Cc1cccc(Br)c1F. The van der Waals surface area contributed by atoms with Gasteiger partial charge in [0.1, 0.15) is 12.4 Å². The quantitative estimate of drug-likeness (QED) is 0.664. The van der Waals surface area contributed by atoms with Crippen molar-refractivity contribution in [2.24, 2.45) is 0 Å². The maximum atomic E-state index is 14.2. The Labute approximate surface area is 155 Å². The van der Waals surface area contributed by atoms with Gasteiger partial charge in [-0.2, -0.15) is 0 Å². The monoisotopic (exact) mass is 403 g/mol. The van der Waals surface area contributed by atoms with Crippen molar-refractivity contribution in [3.8, 4) is 0 Å². The largest absolute Gasteiger partial charge is 0.445 e. The van der Waals surface area contributed by atoms with Gasteiger partial charge in [-0.1, -0.05) is 54.6 Å². The molecule has 0 saturated heterocycles. The zero-order valence-corrected chi connectivity index (χ0v) is 15.3. The molecule has 0 aromatic heterocycles. The molecular weight excluding hydrogens is 385 g/mol. The normalized spacial score (nSPS) is 16.7. The molecule has 25 heavy (non-hydrogen) atoms. The number of carbonyl (C=O) groups is 1. The first kappa shape index (κ1) is 17.7. The van der Waals surface area contributed by atoms with Gasteiger partial charge in [0.25, 0.3) is 0 Å². The number of rotatable bonds is 4. The summed E-state index contributed by atoms with van der Waals surface area (Å²) in [5.41, 5.74) is 1.52. The average molecular weight is 404 g/mol. The van der Waals surface area contributed by atoms with E-state index in [9.17, 15) is 9.18 Å². The third kappa shape index (κ3) is 4.48. The molecule has 1 atom stereocenters. The predicted molar refractivity (Wildman–Crippen MR) is 98.7 cm³/mol. The van der Waals surface area contributed by atoms with Gasteiger partial charge in [0, 0.05) is 6.54 Å². The first-order valence-corrected chi connectivity index (χ1v) is 9.01. The second-order valence-electron chi connectivity index (χ2n) is 5.93. The average Bonchev–Trinajstić information content (AvgIpc) is 2.65. The summed E-state index contributed by atoms with van der Waals surface area (Å²) >= 11 is 3.21. The number of benzene rings is 2. The summed E-state index contributed by atoms with van der Waals surface area (Å²) in [7, 11) is 0. The van der Waals surface area contributed by atoms with E-state index >= 15 is 0 Å². The van der Waals surface area contributed by atoms with E-state index in [0.29, 0.717) is 23.0 Å². The minimum Gasteiger partial charge on any atom is -0.445 e. The van der Waals surface area contributed by atoms with Crippen LogP contribution in [0.1, 0.15) is 17.5 Å². The fourth-order valence-corrected chi connectivity index (χ4v) is 3.28. The lowest BCUT2D eigenvalue weighted by molar-refractivity contribution is 0.0859. The second-order valence-corrected chi connectivity index (χ2v) is 6.79. The highest BCUT2D eigenvalue weighted by molar-refractivity contribution is 9.10. The molecule has 1 amide bonds. The van der Waals surface area contributed by atoms with Crippen LogP contribution in [0.2, 0.25) is 0 Å². The molecule has 130 valence electrons. The molecule has 1 aliphatic rings. The third-order valence-electron chi connectivity index (χ3n) is 4.20. The van der Waals surface area contributed by atoms with E-state index in [4.69, 9.17) is 4.74 Å². The van der Waals surface area contributed by atoms with Gasteiger partial charge in [0.05, 0.1) is 10.5 Å². The Kier molecular flexibility index (Phi) is 5.87. The van der Waals surface area contributed by atoms with Crippen LogP contribution in [0.5, 0.6) is 0 Å². The fraction of sp³-hybridized carbons (Fsp3) is 0.250. The summed E-state index contributed by atoms with van der Waals surface area (Å²) < 4.78 is 20.1. The minimum absolute atomic E-state index is 0.208. The Balaban J connectivity index is 1.67. The van der Waals surface area contributed by atoms with E-state index in [2.05, 4.69) is 15.9 Å². The Bertz CT molecular complexity index is 764. The Morgan fingerprint density at radius 3 is 2.80 bits per heavy atom. The highest BCUT2D eigenvalue weighted by Gasteiger charge is 2.26. The zero-order valence-electron chi connectivity index (χ0n) is 13.7. The van der Waals surface area contributed by atoms with Crippen molar-refractivity contribution in [3.05, 3.63) is 82.1 Å². The van der Waals surface area contributed by atoms with E-state index in [1.54, 1.807) is 23.1 Å². The molecule has 0 N–H and O–H groups in total. The second kappa shape index (κ2) is 8.30. The van der Waals surface area contributed by atoms with Crippen LogP contribution in [0.3, 0.4) is 0 Å². The molecule has 3 nitrogen and oxygen atoms in total. The molecule has 2 aromatic rings. The molecule has 2 aromatic carbocycles. The number of halogens is 2. The topological polar surface area (TPSA) is 29.5 Å². The zero-order chi connectivity index (χ0) is 17.6. The van der Waals surface area contributed by atoms with E-state index < -0.39 is 0 Å². The van der Waals surface area contributed by atoms with Crippen LogP contribution in [0.4, 0.5) is 9.18 Å². The molecule has 0 saturated carbocycles. The van der Waals surface area contributed by atoms with Crippen molar-refractivity contribution in [2.45, 2.75) is 25.5 Å². The van der Waals surface area contributed by atoms with Crippen LogP contribution in [0.15, 0.2) is 65.2 Å². The fourth-order valence-electron chi connectivity index (χ4n) is 2.88. The van der Waals surface area contributed by atoms with Crippen molar-refractivity contribution in [3.63, 3.8) is 0 Å². The van der Waals surface area contributed by atoms with Crippen LogP contribution < -0.4 is 0 Å². The van der Waals surface area contributed by atoms with Crippen LogP contribution in [0.25, 0.3) is 0 Å². The molecule has 1 unspecified atom stereocenters. The van der Waals surface area contributed by atoms with Gasteiger partial charge >= 0.3 is 6.09 Å². The van der Waals surface area contributed by atoms with Gasteiger partial charge in [-0.15, -0.1) is 0 Å². The van der Waals surface area contributed by atoms with Crippen LogP contribution in [0, 0.1) is 5.82 Å². The Hall–Kier alpha value is -2.14. The van der Waals surface area contributed by atoms with Crippen LogP contribution >= 0.6 is 15.9 Å². The maximum absolute atomic E-state index is 14.2. The van der Waals surface area contributed by atoms with Gasteiger partial charge < -0.3 is 9.64 Å². The molecule has 0 bridgehead atoms. The van der Waals surface area contributed by atoms with Gasteiger partial charge in [0.2, 0.25) is 0 Å². The smallest absolute Gasteiger partial charge is 0.410 e. The first-order valence-electron chi connectivity index (χ1n) is 8.22. The first-order chi connectivity index (χ1) is 12.1. The number of nitrogens with zero attached hydrogens (tertiary/aromatic N) is 1. The number of carbonyl (C=O) groups excluding carboxylic acids is 1. The highest BCUT2D eigenvalue weighted by atomic mass is 79.9. The molecule has 0 fully saturated rings. The Morgan fingerprint density at radius 2 is 2.00 bits per heavy atom. The van der Waals surface area contributed by atoms with Gasteiger partial charge in [-0.25, -0.2) is 9.18 Å². The highest BCUT2D eigenvalue weighted by Crippen LogP contribution is 2.23. The maximum Gasteiger partial charge on any atom is 0.410 e. The number of amides is 1. The lowest BCUT2D eigenvalue weighted by Crippen LogP contribution is -2.43. The van der Waals surface area contributed by atoms with Gasteiger partial charge in [0.15, 0.2) is 0 Å². The van der Waals surface area contributed by atoms with Crippen molar-refractivity contribution in [1.29, 1.82) is 0 Å². The van der Waals surface area contributed by atoms with Crippen molar-refractivity contribution in [1.82, 2.24) is 4.90 Å². The standard InChI is InChI=1S/C20H19BrFNO2/c21-18-11-6-9-16(19(18)22)13-17-10-4-5-12-23(17)20(24)25-14-15-7-2-1-3-8-15/h1-4,6-11,17H,5,12-14H2. The van der Waals surface area contributed by atoms with Gasteiger partial charge in [-0.3, -0.25) is 0 Å². The summed E-state index contributed by atoms with van der Waals surface area (Å²) in [6.45, 7) is 0.808. The van der Waals surface area contributed by atoms with E-state index in [-0.39, 0.29) is 24.6 Å². The lowest BCUT2D eigenvalue weighted by atomic mass is 10.0. The third-order valence-corrected chi connectivity index (χ3v) is 4.81. The van der Waals surface area contributed by atoms with E-state index in [1.165, 1.54) is 0 Å². The summed E-state index contributed by atoms with van der Waals surface area (Å²) in [5, 5.41) is 0. The summed E-state index contributed by atoms with van der Waals surface area (Å²) in [6.07, 6.45) is 4.81. The molecular formula is C20H19BrFNO2. The molecule has 5 heteroatoms. The molecule has 0 aliphatic carbocycles. The van der Waals surface area contributed by atoms with Crippen molar-refractivity contribution in [2.75, 3.05) is 6.54 Å². The van der Waals surface area contributed by atoms with Crippen LogP contribution in [-0.4, -0.2) is 23.6 Å². The van der Waals surface area contributed by atoms with Crippen molar-refractivity contribution >= 4 is 22.0 Å².